The van der Waals surface area contributed by atoms with Crippen LogP contribution in [0.25, 0.3) is 0 Å². The fraction of sp³-hybridized carbons (Fsp3) is 0.889. The van der Waals surface area contributed by atoms with Crippen molar-refractivity contribution in [2.75, 3.05) is 19.8 Å². The predicted molar refractivity (Wildman–Crippen MR) is 95.2 cm³/mol. The highest BCUT2D eigenvalue weighted by molar-refractivity contribution is 5.88. The van der Waals surface area contributed by atoms with E-state index in [4.69, 9.17) is 19.9 Å². The molecule has 1 unspecified atom stereocenters. The zero-order valence-corrected chi connectivity index (χ0v) is 16.2. The number of amides is 1. The summed E-state index contributed by atoms with van der Waals surface area (Å²) in [5.74, 6) is 0.0190. The highest BCUT2D eigenvalue weighted by Gasteiger charge is 2.36. The van der Waals surface area contributed by atoms with E-state index in [9.17, 15) is 9.59 Å². The van der Waals surface area contributed by atoms with Gasteiger partial charge in [0.25, 0.3) is 0 Å². The third kappa shape index (κ3) is 7.30. The highest BCUT2D eigenvalue weighted by Crippen LogP contribution is 2.23. The van der Waals surface area contributed by atoms with Gasteiger partial charge in [0.1, 0.15) is 5.60 Å². The first-order valence-electron chi connectivity index (χ1n) is 9.20. The van der Waals surface area contributed by atoms with Gasteiger partial charge in [-0.15, -0.1) is 0 Å². The molecule has 1 saturated heterocycles. The number of ketones is 1. The molecule has 1 amide bonds. The number of nitrogens with zero attached hydrogens (tertiary/aromatic N) is 1. The number of nitrogens with two attached hydrogens (primary N) is 1. The average Bonchev–Trinajstić information content (AvgIpc) is 3.00. The lowest BCUT2D eigenvalue weighted by atomic mass is 10.0. The molecule has 0 aliphatic carbocycles. The monoisotopic (exact) mass is 358 g/mol. The van der Waals surface area contributed by atoms with Crippen LogP contribution in [0.15, 0.2) is 0 Å². The molecular formula is C18H34N2O5. The number of hydrogen-bond donors (Lipinski definition) is 1. The Hall–Kier alpha value is -1.18. The van der Waals surface area contributed by atoms with Crippen molar-refractivity contribution in [1.82, 2.24) is 4.90 Å². The second kappa shape index (κ2) is 10.1. The summed E-state index contributed by atoms with van der Waals surface area (Å²) in [6, 6.07) is -0.792. The number of hydrogen-bond acceptors (Lipinski definition) is 6. The average molecular weight is 358 g/mol. The lowest BCUT2D eigenvalue weighted by Crippen LogP contribution is -2.44. The van der Waals surface area contributed by atoms with Gasteiger partial charge in [0.15, 0.2) is 12.1 Å². The van der Waals surface area contributed by atoms with E-state index < -0.39 is 24.0 Å². The molecule has 2 atom stereocenters. The number of carbonyl (C=O) groups is 2. The second-order valence-electron chi connectivity index (χ2n) is 7.28. The van der Waals surface area contributed by atoms with Gasteiger partial charge in [-0.05, 0) is 53.9 Å². The van der Waals surface area contributed by atoms with E-state index in [1.54, 1.807) is 4.90 Å². The van der Waals surface area contributed by atoms with Gasteiger partial charge in [0, 0.05) is 26.2 Å². The summed E-state index contributed by atoms with van der Waals surface area (Å²) in [7, 11) is 0. The Kier molecular flexibility index (Phi) is 8.82. The van der Waals surface area contributed by atoms with Crippen molar-refractivity contribution in [2.45, 2.75) is 84.3 Å². The van der Waals surface area contributed by atoms with Crippen LogP contribution in [-0.4, -0.2) is 60.5 Å². The number of ether oxygens (including phenoxy) is 3. The van der Waals surface area contributed by atoms with Crippen molar-refractivity contribution >= 4 is 11.9 Å². The van der Waals surface area contributed by atoms with E-state index in [0.29, 0.717) is 39.0 Å². The van der Waals surface area contributed by atoms with Crippen LogP contribution < -0.4 is 5.73 Å². The maximum absolute atomic E-state index is 12.6. The summed E-state index contributed by atoms with van der Waals surface area (Å²) in [4.78, 5) is 26.4. The van der Waals surface area contributed by atoms with Crippen LogP contribution in [0.1, 0.15) is 60.3 Å². The van der Waals surface area contributed by atoms with Crippen LogP contribution >= 0.6 is 0 Å². The molecule has 7 heteroatoms. The van der Waals surface area contributed by atoms with Crippen LogP contribution in [0.5, 0.6) is 0 Å². The molecule has 0 saturated carbocycles. The summed E-state index contributed by atoms with van der Waals surface area (Å²) in [5.41, 5.74) is 5.54. The summed E-state index contributed by atoms with van der Waals surface area (Å²) < 4.78 is 16.3. The maximum atomic E-state index is 12.6. The highest BCUT2D eigenvalue weighted by atomic mass is 16.7. The molecule has 1 aliphatic rings. The first-order valence-corrected chi connectivity index (χ1v) is 9.20. The van der Waals surface area contributed by atoms with Gasteiger partial charge in [-0.25, -0.2) is 4.79 Å². The Balaban J connectivity index is 2.56. The van der Waals surface area contributed by atoms with Crippen molar-refractivity contribution in [3.63, 3.8) is 0 Å². The van der Waals surface area contributed by atoms with Gasteiger partial charge in [-0.3, -0.25) is 9.69 Å². The molecule has 0 aromatic rings. The minimum atomic E-state index is -0.572. The Labute approximate surface area is 151 Å². The molecule has 0 spiro atoms. The minimum absolute atomic E-state index is 0.0190. The molecule has 0 bridgehead atoms. The Bertz CT molecular complexity index is 430. The normalized spacial score (nSPS) is 19.3. The SMILES string of the molecule is CCOC(OCC)C(N)CCC(=O)[C@@H]1CCCN1C(=O)OC(C)(C)C. The van der Waals surface area contributed by atoms with Crippen LogP contribution in [0.2, 0.25) is 0 Å². The number of rotatable bonds is 9. The summed E-state index contributed by atoms with van der Waals surface area (Å²) in [5, 5.41) is 0. The zero-order chi connectivity index (χ0) is 19.0. The molecule has 1 heterocycles. The quantitative estimate of drug-likeness (QED) is 0.637. The molecular weight excluding hydrogens is 324 g/mol. The van der Waals surface area contributed by atoms with Crippen LogP contribution in [0, 0.1) is 0 Å². The summed E-state index contributed by atoms with van der Waals surface area (Å²) in [6.07, 6.45) is 1.31. The molecule has 1 rings (SSSR count). The van der Waals surface area contributed by atoms with Gasteiger partial charge in [-0.2, -0.15) is 0 Å². The smallest absolute Gasteiger partial charge is 0.410 e. The summed E-state index contributed by atoms with van der Waals surface area (Å²) in [6.45, 7) is 10.8. The molecule has 25 heavy (non-hydrogen) atoms. The van der Waals surface area contributed by atoms with Gasteiger partial charge >= 0.3 is 6.09 Å². The van der Waals surface area contributed by atoms with Gasteiger partial charge in [-0.1, -0.05) is 0 Å². The number of Topliss-reactive ketones (excluding diaryl/α,β-unsaturated/α-hetero) is 1. The topological polar surface area (TPSA) is 91.1 Å². The summed E-state index contributed by atoms with van der Waals surface area (Å²) >= 11 is 0. The molecule has 0 radical (unpaired) electrons. The molecule has 0 aromatic carbocycles. The Morgan fingerprint density at radius 2 is 1.80 bits per heavy atom. The zero-order valence-electron chi connectivity index (χ0n) is 16.2. The van der Waals surface area contributed by atoms with Crippen molar-refractivity contribution < 1.29 is 23.8 Å². The third-order valence-corrected chi connectivity index (χ3v) is 3.99. The Morgan fingerprint density at radius 1 is 1.20 bits per heavy atom. The lowest BCUT2D eigenvalue weighted by molar-refractivity contribution is -0.150. The Morgan fingerprint density at radius 3 is 2.32 bits per heavy atom. The van der Waals surface area contributed by atoms with Gasteiger partial charge in [0.2, 0.25) is 0 Å². The fourth-order valence-electron chi connectivity index (χ4n) is 2.88. The minimum Gasteiger partial charge on any atom is -0.444 e. The maximum Gasteiger partial charge on any atom is 0.410 e. The third-order valence-electron chi connectivity index (χ3n) is 3.99. The van der Waals surface area contributed by atoms with Gasteiger partial charge < -0.3 is 19.9 Å². The van der Waals surface area contributed by atoms with Gasteiger partial charge in [0.05, 0.1) is 12.1 Å². The van der Waals surface area contributed by atoms with E-state index in [1.165, 1.54) is 0 Å². The van der Waals surface area contributed by atoms with E-state index in [-0.39, 0.29) is 11.8 Å². The van der Waals surface area contributed by atoms with Crippen LogP contribution in [-0.2, 0) is 19.0 Å². The fourth-order valence-corrected chi connectivity index (χ4v) is 2.88. The molecule has 146 valence electrons. The predicted octanol–water partition coefficient (Wildman–Crippen LogP) is 2.46. The largest absolute Gasteiger partial charge is 0.444 e. The van der Waals surface area contributed by atoms with Crippen LogP contribution in [0.4, 0.5) is 4.79 Å². The first-order chi connectivity index (χ1) is 11.7. The van der Waals surface area contributed by atoms with Crippen molar-refractivity contribution in [3.8, 4) is 0 Å². The van der Waals surface area contributed by atoms with Crippen molar-refractivity contribution in [1.29, 1.82) is 0 Å². The molecule has 7 nitrogen and oxygen atoms in total. The van der Waals surface area contributed by atoms with E-state index in [0.717, 1.165) is 6.42 Å². The second-order valence-corrected chi connectivity index (χ2v) is 7.28. The van der Waals surface area contributed by atoms with Crippen LogP contribution in [0.3, 0.4) is 0 Å². The molecule has 1 aliphatic heterocycles. The first kappa shape index (κ1) is 21.9. The van der Waals surface area contributed by atoms with E-state index in [2.05, 4.69) is 0 Å². The standard InChI is InChI=1S/C18H34N2O5/c1-6-23-16(24-7-2)13(19)10-11-15(21)14-9-8-12-20(14)17(22)25-18(3,4)5/h13-14,16H,6-12,19H2,1-5H3/t13?,14-/m0/s1. The number of carbonyl (C=O) groups excluding carboxylic acids is 2. The van der Waals surface area contributed by atoms with Crippen molar-refractivity contribution in [2.24, 2.45) is 5.73 Å². The lowest BCUT2D eigenvalue weighted by Gasteiger charge is -2.28. The van der Waals surface area contributed by atoms with Crippen molar-refractivity contribution in [3.05, 3.63) is 0 Å². The molecule has 0 aromatic heterocycles. The molecule has 1 fully saturated rings. The molecule has 2 N–H and O–H groups in total. The van der Waals surface area contributed by atoms with E-state index >= 15 is 0 Å². The van der Waals surface area contributed by atoms with E-state index in [1.807, 2.05) is 34.6 Å². The number of likely N-dealkylation sites (tertiary alicyclic amines) is 1.